The highest BCUT2D eigenvalue weighted by atomic mass is 16.6. The number of anilines is 1. The summed E-state index contributed by atoms with van der Waals surface area (Å²) in [5.74, 6) is 0.0318. The van der Waals surface area contributed by atoms with Crippen LogP contribution in [0.5, 0.6) is 0 Å². The summed E-state index contributed by atoms with van der Waals surface area (Å²) in [7, 11) is 3.25. The van der Waals surface area contributed by atoms with Crippen LogP contribution in [0, 0.1) is 0 Å². The summed E-state index contributed by atoms with van der Waals surface area (Å²) >= 11 is 0. The Balaban J connectivity index is 1.56. The van der Waals surface area contributed by atoms with Gasteiger partial charge in [0, 0.05) is 32.7 Å². The first-order chi connectivity index (χ1) is 13.9. The van der Waals surface area contributed by atoms with E-state index < -0.39 is 6.09 Å². The van der Waals surface area contributed by atoms with Crippen molar-refractivity contribution in [2.45, 2.75) is 45.1 Å². The molecule has 2 aromatic rings. The molecule has 29 heavy (non-hydrogen) atoms. The van der Waals surface area contributed by atoms with Crippen LogP contribution in [-0.4, -0.2) is 57.8 Å². The molecule has 0 saturated carbocycles. The minimum atomic E-state index is -0.462. The van der Waals surface area contributed by atoms with E-state index in [1.54, 1.807) is 26.3 Å². The Morgan fingerprint density at radius 2 is 2.21 bits per heavy atom. The molecule has 0 aromatic carbocycles. The van der Waals surface area contributed by atoms with Gasteiger partial charge in [-0.2, -0.15) is 10.2 Å². The van der Waals surface area contributed by atoms with Gasteiger partial charge in [0.15, 0.2) is 5.82 Å². The van der Waals surface area contributed by atoms with Crippen LogP contribution < -0.4 is 10.6 Å². The smallest absolute Gasteiger partial charge is 0.407 e. The lowest BCUT2D eigenvalue weighted by Gasteiger charge is -2.13. The zero-order valence-electron chi connectivity index (χ0n) is 16.9. The molecule has 0 bridgehead atoms. The number of nitrogens with one attached hydrogen (secondary N) is 3. The number of amides is 2. The van der Waals surface area contributed by atoms with E-state index in [9.17, 15) is 9.59 Å². The summed E-state index contributed by atoms with van der Waals surface area (Å²) in [6, 6.07) is 3.37. The molecule has 2 aromatic heterocycles. The van der Waals surface area contributed by atoms with Gasteiger partial charge in [-0.25, -0.2) is 4.79 Å². The van der Waals surface area contributed by atoms with Crippen LogP contribution in [0.1, 0.15) is 48.2 Å². The molecule has 3 heterocycles. The first kappa shape index (κ1) is 20.8. The maximum atomic E-state index is 12.5. The largest absolute Gasteiger partial charge is 0.444 e. The summed E-state index contributed by atoms with van der Waals surface area (Å²) in [6.07, 6.45) is -0.594. The number of carbonyl (C=O) groups is 2. The van der Waals surface area contributed by atoms with Crippen LogP contribution >= 0.6 is 0 Å². The van der Waals surface area contributed by atoms with E-state index in [0.29, 0.717) is 42.5 Å². The fourth-order valence-electron chi connectivity index (χ4n) is 3.02. The van der Waals surface area contributed by atoms with Gasteiger partial charge < -0.3 is 24.8 Å². The van der Waals surface area contributed by atoms with Gasteiger partial charge in [0.05, 0.1) is 24.6 Å². The Labute approximate surface area is 168 Å². The number of hydrogen-bond acceptors (Lipinski definition) is 7. The first-order valence-electron chi connectivity index (χ1n) is 9.33. The number of rotatable bonds is 7. The summed E-state index contributed by atoms with van der Waals surface area (Å²) < 4.78 is 17.6. The number of aromatic nitrogens is 4. The predicted octanol–water partition coefficient (Wildman–Crippen LogP) is 1.51. The van der Waals surface area contributed by atoms with Crippen molar-refractivity contribution >= 4 is 17.8 Å². The second-order valence-electron chi connectivity index (χ2n) is 7.12. The lowest BCUT2D eigenvalue weighted by Crippen LogP contribution is -2.33. The van der Waals surface area contributed by atoms with E-state index in [2.05, 4.69) is 25.9 Å². The highest BCUT2D eigenvalue weighted by Crippen LogP contribution is 2.30. The quantitative estimate of drug-likeness (QED) is 0.635. The molecule has 0 radical (unpaired) electrons. The van der Waals surface area contributed by atoms with Crippen molar-refractivity contribution < 1.29 is 23.8 Å². The molecular formula is C18H26N6O5. The van der Waals surface area contributed by atoms with Crippen LogP contribution in [0.4, 0.5) is 10.6 Å². The molecular weight excluding hydrogens is 380 g/mol. The summed E-state index contributed by atoms with van der Waals surface area (Å²) in [5, 5.41) is 16.6. The molecule has 2 amide bonds. The van der Waals surface area contributed by atoms with Crippen molar-refractivity contribution in [2.75, 3.05) is 19.0 Å². The number of alkyl carbamates (subject to hydrolysis) is 1. The average Bonchev–Trinajstić information content (AvgIpc) is 3.35. The fourth-order valence-corrected chi connectivity index (χ4v) is 3.02. The van der Waals surface area contributed by atoms with Crippen molar-refractivity contribution in [3.05, 3.63) is 29.2 Å². The van der Waals surface area contributed by atoms with Crippen LogP contribution in [0.3, 0.4) is 0 Å². The number of aryl methyl sites for hydroxylation is 1. The van der Waals surface area contributed by atoms with E-state index in [1.165, 1.54) is 4.68 Å². The van der Waals surface area contributed by atoms with Crippen molar-refractivity contribution in [2.24, 2.45) is 7.05 Å². The number of hydrogen-bond donors (Lipinski definition) is 3. The Bertz CT molecular complexity index is 861. The first-order valence-corrected chi connectivity index (χ1v) is 9.33. The topological polar surface area (TPSA) is 132 Å². The monoisotopic (exact) mass is 406 g/mol. The summed E-state index contributed by atoms with van der Waals surface area (Å²) in [4.78, 5) is 24.2. The standard InChI is InChI=1S/C18H26N6O5/c1-10(2)19-18(26)29-12-6-15(28-9-12)13-7-16(22-21-13)20-17(25)14-5-11(8-27-4)23-24(14)3/h5,7,10,12,15H,6,8-9H2,1-4H3,(H,19,26)(H2,20,21,22,25). The van der Waals surface area contributed by atoms with Crippen LogP contribution in [-0.2, 0) is 27.9 Å². The van der Waals surface area contributed by atoms with E-state index in [-0.39, 0.29) is 24.2 Å². The summed E-state index contributed by atoms with van der Waals surface area (Å²) in [5.41, 5.74) is 1.75. The number of carbonyl (C=O) groups excluding carboxylic acids is 2. The maximum absolute atomic E-state index is 12.5. The third-order valence-corrected chi connectivity index (χ3v) is 4.28. The molecule has 1 aliphatic heterocycles. The number of aromatic amines is 1. The highest BCUT2D eigenvalue weighted by Gasteiger charge is 2.31. The Kier molecular flexibility index (Phi) is 6.49. The molecule has 2 unspecified atom stereocenters. The molecule has 3 N–H and O–H groups in total. The minimum Gasteiger partial charge on any atom is -0.444 e. The Morgan fingerprint density at radius 1 is 1.41 bits per heavy atom. The van der Waals surface area contributed by atoms with Gasteiger partial charge in [0.2, 0.25) is 0 Å². The summed E-state index contributed by atoms with van der Waals surface area (Å²) in [6.45, 7) is 4.35. The number of ether oxygens (including phenoxy) is 3. The molecule has 0 aliphatic carbocycles. The Hall–Kier alpha value is -2.92. The molecule has 11 heteroatoms. The number of H-pyrrole nitrogens is 1. The third-order valence-electron chi connectivity index (χ3n) is 4.28. The highest BCUT2D eigenvalue weighted by molar-refractivity contribution is 6.02. The molecule has 158 valence electrons. The second-order valence-corrected chi connectivity index (χ2v) is 7.12. The van der Waals surface area contributed by atoms with Crippen molar-refractivity contribution in [3.8, 4) is 0 Å². The van der Waals surface area contributed by atoms with Crippen LogP contribution in [0.25, 0.3) is 0 Å². The van der Waals surface area contributed by atoms with Crippen LogP contribution in [0.2, 0.25) is 0 Å². The van der Waals surface area contributed by atoms with Crippen LogP contribution in [0.15, 0.2) is 12.1 Å². The molecule has 0 spiro atoms. The predicted molar refractivity (Wildman–Crippen MR) is 102 cm³/mol. The molecule has 1 fully saturated rings. The van der Waals surface area contributed by atoms with Gasteiger partial charge in [-0.3, -0.25) is 14.6 Å². The lowest BCUT2D eigenvalue weighted by atomic mass is 10.1. The third kappa shape index (κ3) is 5.33. The molecule has 3 rings (SSSR count). The van der Waals surface area contributed by atoms with E-state index in [4.69, 9.17) is 14.2 Å². The van der Waals surface area contributed by atoms with Gasteiger partial charge >= 0.3 is 6.09 Å². The van der Waals surface area contributed by atoms with Crippen molar-refractivity contribution in [1.29, 1.82) is 0 Å². The van der Waals surface area contributed by atoms with Gasteiger partial charge in [-0.05, 0) is 19.9 Å². The van der Waals surface area contributed by atoms with E-state index >= 15 is 0 Å². The van der Waals surface area contributed by atoms with Crippen molar-refractivity contribution in [1.82, 2.24) is 25.3 Å². The molecule has 1 aliphatic rings. The van der Waals surface area contributed by atoms with Gasteiger partial charge in [0.1, 0.15) is 17.9 Å². The normalized spacial score (nSPS) is 18.8. The zero-order valence-corrected chi connectivity index (χ0v) is 16.9. The lowest BCUT2D eigenvalue weighted by molar-refractivity contribution is 0.0682. The van der Waals surface area contributed by atoms with Gasteiger partial charge in [-0.15, -0.1) is 0 Å². The molecule has 11 nitrogen and oxygen atoms in total. The van der Waals surface area contributed by atoms with Gasteiger partial charge in [0.25, 0.3) is 5.91 Å². The maximum Gasteiger partial charge on any atom is 0.407 e. The minimum absolute atomic E-state index is 0.00407. The fraction of sp³-hybridized carbons (Fsp3) is 0.556. The molecule has 2 atom stereocenters. The average molecular weight is 406 g/mol. The SMILES string of the molecule is COCc1cc(C(=O)Nc2cc(C3CC(OC(=O)NC(C)C)CO3)[nH]n2)n(C)n1. The number of nitrogens with zero attached hydrogens (tertiary/aromatic N) is 3. The van der Waals surface area contributed by atoms with E-state index in [1.807, 2.05) is 13.8 Å². The van der Waals surface area contributed by atoms with Crippen molar-refractivity contribution in [3.63, 3.8) is 0 Å². The van der Waals surface area contributed by atoms with Gasteiger partial charge in [-0.1, -0.05) is 0 Å². The number of methoxy groups -OCH3 is 1. The molecule has 1 saturated heterocycles. The van der Waals surface area contributed by atoms with E-state index in [0.717, 1.165) is 0 Å². The Morgan fingerprint density at radius 3 is 2.93 bits per heavy atom. The second kappa shape index (κ2) is 9.05. The zero-order chi connectivity index (χ0) is 21.0.